The van der Waals surface area contributed by atoms with Gasteiger partial charge in [-0.05, 0) is 97.0 Å². The molecule has 0 saturated carbocycles. The second kappa shape index (κ2) is 14.2. The van der Waals surface area contributed by atoms with Gasteiger partial charge in [0.1, 0.15) is 12.1 Å². The lowest BCUT2D eigenvalue weighted by molar-refractivity contribution is -0.138. The van der Waals surface area contributed by atoms with Crippen LogP contribution in [0.3, 0.4) is 0 Å². The molecule has 0 aliphatic heterocycles. The van der Waals surface area contributed by atoms with Gasteiger partial charge in [0.15, 0.2) is 0 Å². The van der Waals surface area contributed by atoms with Crippen molar-refractivity contribution in [2.45, 2.75) is 19.3 Å². The Hall–Kier alpha value is -8.19. The van der Waals surface area contributed by atoms with Crippen molar-refractivity contribution in [3.8, 4) is 45.5 Å². The first-order valence-corrected chi connectivity index (χ1v) is 19.7. The Morgan fingerprint density at radius 2 is 0.746 bits per heavy atom. The molecule has 0 unspecified atom stereocenters. The summed E-state index contributed by atoms with van der Waals surface area (Å²) in [6.45, 7) is 10.6. The van der Waals surface area contributed by atoms with E-state index in [1.165, 1.54) is 24.3 Å². The van der Waals surface area contributed by atoms with Crippen molar-refractivity contribution in [2.24, 2.45) is 0 Å². The smallest absolute Gasteiger partial charge is 0.237 e. The van der Waals surface area contributed by atoms with E-state index in [1.807, 2.05) is 104 Å². The third-order valence-corrected chi connectivity index (χ3v) is 12.0. The zero-order chi connectivity index (χ0) is 43.9. The normalized spacial score (nSPS) is 15.4. The fourth-order valence-electron chi connectivity index (χ4n) is 9.39. The van der Waals surface area contributed by atoms with Gasteiger partial charge in [0, 0.05) is 22.3 Å². The van der Waals surface area contributed by atoms with Gasteiger partial charge in [-0.1, -0.05) is 139 Å². The minimum atomic E-state index is -4.61. The Balaban J connectivity index is 1.44. The van der Waals surface area contributed by atoms with Crippen LogP contribution in [0.4, 0.5) is 26.3 Å². The molecule has 0 N–H and O–H groups in total. The lowest BCUT2D eigenvalue weighted by atomic mass is 9.81. The van der Waals surface area contributed by atoms with E-state index in [0.29, 0.717) is 77.9 Å². The molecule has 3 aliphatic carbocycles. The van der Waals surface area contributed by atoms with Crippen LogP contribution < -0.4 is 0 Å². The summed E-state index contributed by atoms with van der Waals surface area (Å²) in [4.78, 5) is 4.04. The summed E-state index contributed by atoms with van der Waals surface area (Å²) in [5.41, 5.74) is 10.6. The molecule has 300 valence electrons. The summed E-state index contributed by atoms with van der Waals surface area (Å²) in [5, 5.41) is 22.3. The van der Waals surface area contributed by atoms with E-state index in [0.717, 1.165) is 46.5 Å². The van der Waals surface area contributed by atoms with Crippen molar-refractivity contribution >= 4 is 33.6 Å². The summed E-state index contributed by atoms with van der Waals surface area (Å²) in [6, 6.07) is 44.0. The molecular formula is C54H27F6N3. The Bertz CT molecular complexity index is 3250. The van der Waals surface area contributed by atoms with Gasteiger partial charge in [-0.15, -0.1) is 0 Å². The second-order valence-corrected chi connectivity index (χ2v) is 15.5. The van der Waals surface area contributed by atoms with Gasteiger partial charge in [0.2, 0.25) is 5.70 Å². The highest BCUT2D eigenvalue weighted by molar-refractivity contribution is 6.29. The Kier molecular flexibility index (Phi) is 8.78. The number of halogens is 6. The largest absolute Gasteiger partial charge is 0.416 e. The van der Waals surface area contributed by atoms with Gasteiger partial charge in [0.05, 0.1) is 28.8 Å². The van der Waals surface area contributed by atoms with Crippen molar-refractivity contribution in [1.82, 2.24) is 0 Å². The van der Waals surface area contributed by atoms with Gasteiger partial charge in [0.25, 0.3) is 0 Å². The number of allylic oxidation sites excluding steroid dienone is 2. The number of nitrogens with zero attached hydrogens (tertiary/aromatic N) is 3. The average Bonchev–Trinajstić information content (AvgIpc) is 3.92. The summed E-state index contributed by atoms with van der Waals surface area (Å²) in [5.74, 6) is 0. The third kappa shape index (κ3) is 5.87. The maximum Gasteiger partial charge on any atom is 0.416 e. The molecule has 10 rings (SSSR count). The number of hydrogen-bond donors (Lipinski definition) is 0. The first-order valence-electron chi connectivity index (χ1n) is 19.7. The van der Waals surface area contributed by atoms with Crippen LogP contribution in [0.5, 0.6) is 0 Å². The number of aryl methyl sites for hydroxylation is 1. The Morgan fingerprint density at radius 3 is 1.10 bits per heavy atom. The molecule has 3 nitrogen and oxygen atoms in total. The molecule has 0 spiro atoms. The monoisotopic (exact) mass is 831 g/mol. The molecule has 0 amide bonds. The predicted molar refractivity (Wildman–Crippen MR) is 232 cm³/mol. The maximum atomic E-state index is 13.9. The molecular weight excluding hydrogens is 805 g/mol. The van der Waals surface area contributed by atoms with Gasteiger partial charge in [-0.2, -0.15) is 36.9 Å². The molecule has 63 heavy (non-hydrogen) atoms. The van der Waals surface area contributed by atoms with Gasteiger partial charge in [-0.3, -0.25) is 0 Å². The predicted octanol–water partition coefficient (Wildman–Crippen LogP) is 14.8. The highest BCUT2D eigenvalue weighted by Crippen LogP contribution is 2.66. The summed E-state index contributed by atoms with van der Waals surface area (Å²) < 4.78 is 83.1. The maximum absolute atomic E-state index is 13.9. The van der Waals surface area contributed by atoms with Crippen LogP contribution in [-0.2, 0) is 12.4 Å². The van der Waals surface area contributed by atoms with Crippen molar-refractivity contribution in [2.75, 3.05) is 0 Å². The van der Waals surface area contributed by atoms with Crippen molar-refractivity contribution < 1.29 is 26.3 Å². The molecule has 0 aromatic heterocycles. The van der Waals surface area contributed by atoms with E-state index >= 15 is 0 Å². The first-order chi connectivity index (χ1) is 30.3. The number of hydrogen-bond acceptors (Lipinski definition) is 2. The van der Waals surface area contributed by atoms with Crippen molar-refractivity contribution in [1.29, 1.82) is 10.5 Å². The molecule has 7 aromatic rings. The number of benzene rings is 7. The van der Waals surface area contributed by atoms with Crippen LogP contribution in [0.25, 0.3) is 71.8 Å². The highest BCUT2D eigenvalue weighted by Gasteiger charge is 2.45. The van der Waals surface area contributed by atoms with Gasteiger partial charge < -0.3 is 0 Å². The van der Waals surface area contributed by atoms with Crippen LogP contribution in [0, 0.1) is 36.2 Å². The summed E-state index contributed by atoms with van der Waals surface area (Å²) >= 11 is 0. The minimum Gasteiger partial charge on any atom is -0.237 e. The molecule has 9 heteroatoms. The molecule has 0 atom stereocenters. The Labute approximate surface area is 357 Å². The highest BCUT2D eigenvalue weighted by atomic mass is 19.4. The van der Waals surface area contributed by atoms with Crippen LogP contribution in [0.2, 0.25) is 0 Å². The molecule has 0 fully saturated rings. The Morgan fingerprint density at radius 1 is 0.429 bits per heavy atom. The van der Waals surface area contributed by atoms with E-state index in [4.69, 9.17) is 6.57 Å². The topological polar surface area (TPSA) is 51.9 Å². The third-order valence-electron chi connectivity index (χ3n) is 12.0. The fraction of sp³-hybridized carbons (Fsp3) is 0.0556. The molecule has 7 aromatic carbocycles. The van der Waals surface area contributed by atoms with Gasteiger partial charge in [-0.25, -0.2) is 4.85 Å². The van der Waals surface area contributed by atoms with Gasteiger partial charge >= 0.3 is 12.4 Å². The SMILES string of the molecule is [C-]#[N+]/C(=C1/c2ccccc2-c2c3c(c4c(c21)-c1ccccc1/C4=C(/C#N)c1ccc(C)cc1)-c1ccccc1/C3=C(/C#N)c1ccc(C(F)(F)F)cc1)c1ccc(C(F)(F)F)cc1. The van der Waals surface area contributed by atoms with Crippen LogP contribution >= 0.6 is 0 Å². The van der Waals surface area contributed by atoms with Crippen molar-refractivity contribution in [3.63, 3.8) is 0 Å². The second-order valence-electron chi connectivity index (χ2n) is 15.5. The number of fused-ring (bicyclic) bond motifs is 12. The van der Waals surface area contributed by atoms with Crippen LogP contribution in [0.15, 0.2) is 146 Å². The van der Waals surface area contributed by atoms with E-state index in [-0.39, 0.29) is 22.4 Å². The van der Waals surface area contributed by atoms with E-state index in [1.54, 1.807) is 0 Å². The quantitative estimate of drug-likeness (QED) is 0.101. The standard InChI is InChI=1S/C54H27F6N3/c1-29-15-17-30(18-16-29)41(27-61)43-36-10-4-6-12-38(36)46-49(43)45-37-11-5-3-9-35(37)44(42(28-62)31-19-23-33(24-20-31)53(55,56)57)50(45)47-39-13-7-8-14-40(39)48(51(46)47)52(63-2)32-21-25-34(26-22-32)54(58,59)60/h3-26H,1H3/b43-41+,44-42+,52-48-. The fourth-order valence-corrected chi connectivity index (χ4v) is 9.39. The molecule has 0 bridgehead atoms. The van der Waals surface area contributed by atoms with E-state index in [9.17, 15) is 36.9 Å². The molecule has 0 heterocycles. The lowest BCUT2D eigenvalue weighted by Crippen LogP contribution is -2.04. The zero-order valence-electron chi connectivity index (χ0n) is 33.0. The first kappa shape index (κ1) is 39.0. The van der Waals surface area contributed by atoms with Crippen LogP contribution in [-0.4, -0.2) is 0 Å². The number of rotatable bonds is 3. The van der Waals surface area contributed by atoms with Crippen molar-refractivity contribution in [3.05, 3.63) is 224 Å². The zero-order valence-corrected chi connectivity index (χ0v) is 33.0. The molecule has 0 saturated heterocycles. The average molecular weight is 832 g/mol. The number of nitriles is 2. The number of alkyl halides is 6. The molecule has 3 aliphatic rings. The van der Waals surface area contributed by atoms with E-state index < -0.39 is 23.5 Å². The summed E-state index contributed by atoms with van der Waals surface area (Å²) in [6.07, 6.45) is -9.22. The lowest BCUT2D eigenvalue weighted by Gasteiger charge is -2.20. The molecule has 0 radical (unpaired) electrons. The van der Waals surface area contributed by atoms with E-state index in [2.05, 4.69) is 17.0 Å². The van der Waals surface area contributed by atoms with Crippen LogP contribution in [0.1, 0.15) is 66.8 Å². The summed E-state index contributed by atoms with van der Waals surface area (Å²) in [7, 11) is 0. The minimum absolute atomic E-state index is 0.0929.